The fourth-order valence-electron chi connectivity index (χ4n) is 0.828. The number of halogens is 3. The quantitative estimate of drug-likeness (QED) is 0.561. The number of hydrogen-bond acceptors (Lipinski definition) is 1. The van der Waals surface area contributed by atoms with Crippen molar-refractivity contribution in [1.82, 2.24) is 4.98 Å². The molecule has 1 rings (SSSR count). The lowest BCUT2D eigenvalue weighted by molar-refractivity contribution is 0.621. The third-order valence-corrected chi connectivity index (χ3v) is 1.94. The van der Waals surface area contributed by atoms with Gasteiger partial charge in [-0.3, -0.25) is 0 Å². The van der Waals surface area contributed by atoms with Gasteiger partial charge >= 0.3 is 0 Å². The molecule has 1 aromatic rings. The van der Waals surface area contributed by atoms with Gasteiger partial charge in [0.1, 0.15) is 11.0 Å². The van der Waals surface area contributed by atoms with E-state index in [4.69, 9.17) is 23.2 Å². The second-order valence-electron chi connectivity index (χ2n) is 2.41. The van der Waals surface area contributed by atoms with Crippen LogP contribution in [0.25, 0.3) is 6.08 Å². The van der Waals surface area contributed by atoms with Crippen molar-refractivity contribution in [2.45, 2.75) is 6.42 Å². The maximum absolute atomic E-state index is 12.7. The van der Waals surface area contributed by atoms with Gasteiger partial charge < -0.3 is 0 Å². The zero-order valence-corrected chi connectivity index (χ0v) is 8.32. The van der Waals surface area contributed by atoms with Crippen molar-refractivity contribution < 1.29 is 4.39 Å². The molecule has 0 saturated carbocycles. The summed E-state index contributed by atoms with van der Waals surface area (Å²) in [6, 6.07) is 1.33. The molecule has 1 aromatic heterocycles. The largest absolute Gasteiger partial charge is 0.241 e. The minimum absolute atomic E-state index is 0.298. The molecular formula is C9H8Cl2FN. The summed E-state index contributed by atoms with van der Waals surface area (Å²) in [4.78, 5) is 3.66. The molecule has 0 saturated heterocycles. The number of aromatic nitrogens is 1. The molecule has 13 heavy (non-hydrogen) atoms. The molecule has 0 aromatic carbocycles. The molecule has 0 aliphatic carbocycles. The molecule has 0 radical (unpaired) electrons. The second kappa shape index (κ2) is 5.20. The van der Waals surface area contributed by atoms with E-state index in [1.54, 1.807) is 6.08 Å². The van der Waals surface area contributed by atoms with E-state index in [-0.39, 0.29) is 0 Å². The standard InChI is InChI=1S/C9H8Cl2FN/c10-4-2-1-3-7-5-8(12)6-13-9(7)11/h1,3,5-6H,2,4H2. The van der Waals surface area contributed by atoms with Gasteiger partial charge in [-0.25, -0.2) is 9.37 Å². The Morgan fingerprint density at radius 3 is 3.00 bits per heavy atom. The van der Waals surface area contributed by atoms with Crippen LogP contribution in [0.3, 0.4) is 0 Å². The van der Waals surface area contributed by atoms with Gasteiger partial charge in [0, 0.05) is 11.4 Å². The monoisotopic (exact) mass is 219 g/mol. The van der Waals surface area contributed by atoms with Gasteiger partial charge in [-0.1, -0.05) is 23.8 Å². The zero-order valence-electron chi connectivity index (χ0n) is 6.80. The summed E-state index contributed by atoms with van der Waals surface area (Å²) >= 11 is 11.2. The maximum Gasteiger partial charge on any atom is 0.142 e. The number of pyridine rings is 1. The molecule has 1 nitrogen and oxygen atoms in total. The zero-order chi connectivity index (χ0) is 9.68. The number of allylic oxidation sites excluding steroid dienone is 1. The van der Waals surface area contributed by atoms with E-state index in [0.717, 1.165) is 12.6 Å². The van der Waals surface area contributed by atoms with E-state index >= 15 is 0 Å². The predicted octanol–water partition coefficient (Wildman–Crippen LogP) is 3.52. The van der Waals surface area contributed by atoms with Crippen LogP contribution in [-0.4, -0.2) is 10.9 Å². The van der Waals surface area contributed by atoms with Crippen LogP contribution in [0, 0.1) is 5.82 Å². The molecule has 1 heterocycles. The van der Waals surface area contributed by atoms with Crippen LogP contribution in [0.5, 0.6) is 0 Å². The Morgan fingerprint density at radius 2 is 2.31 bits per heavy atom. The third-order valence-electron chi connectivity index (χ3n) is 1.41. The molecule has 0 fully saturated rings. The van der Waals surface area contributed by atoms with Crippen molar-refractivity contribution in [1.29, 1.82) is 0 Å². The van der Waals surface area contributed by atoms with Gasteiger partial charge in [0.05, 0.1) is 6.20 Å². The first kappa shape index (κ1) is 10.5. The summed E-state index contributed by atoms with van der Waals surface area (Å²) in [5.41, 5.74) is 0.576. The van der Waals surface area contributed by atoms with Gasteiger partial charge in [-0.05, 0) is 12.5 Å². The molecule has 0 spiro atoms. The average Bonchev–Trinajstić information content (AvgIpc) is 2.11. The second-order valence-corrected chi connectivity index (χ2v) is 3.15. The molecule has 0 atom stereocenters. The minimum atomic E-state index is -0.394. The predicted molar refractivity (Wildman–Crippen MR) is 53.6 cm³/mol. The highest BCUT2D eigenvalue weighted by Gasteiger charge is 1.98. The number of nitrogens with zero attached hydrogens (tertiary/aromatic N) is 1. The van der Waals surface area contributed by atoms with Gasteiger partial charge in [0.2, 0.25) is 0 Å². The SMILES string of the molecule is Fc1cnc(Cl)c(C=CCCCl)c1. The lowest BCUT2D eigenvalue weighted by atomic mass is 10.2. The van der Waals surface area contributed by atoms with Crippen LogP contribution >= 0.6 is 23.2 Å². The number of hydrogen-bond donors (Lipinski definition) is 0. The highest BCUT2D eigenvalue weighted by molar-refractivity contribution is 6.30. The lowest BCUT2D eigenvalue weighted by Gasteiger charge is -1.96. The van der Waals surface area contributed by atoms with Crippen molar-refractivity contribution in [3.63, 3.8) is 0 Å². The summed E-state index contributed by atoms with van der Waals surface area (Å²) in [6.45, 7) is 0. The van der Waals surface area contributed by atoms with Crippen LogP contribution in [0.4, 0.5) is 4.39 Å². The molecule has 0 bridgehead atoms. The summed E-state index contributed by atoms with van der Waals surface area (Å²) in [7, 11) is 0. The smallest absolute Gasteiger partial charge is 0.142 e. The van der Waals surface area contributed by atoms with Crippen LogP contribution in [-0.2, 0) is 0 Å². The molecule has 0 N–H and O–H groups in total. The van der Waals surface area contributed by atoms with Crippen LogP contribution in [0.2, 0.25) is 5.15 Å². The first-order valence-electron chi connectivity index (χ1n) is 3.77. The van der Waals surface area contributed by atoms with E-state index in [1.807, 2.05) is 6.08 Å². The summed E-state index contributed by atoms with van der Waals surface area (Å²) in [6.07, 6.45) is 5.35. The van der Waals surface area contributed by atoms with E-state index in [2.05, 4.69) is 4.98 Å². The molecule has 0 aliphatic heterocycles. The Bertz CT molecular complexity index is 312. The topological polar surface area (TPSA) is 12.9 Å². The van der Waals surface area contributed by atoms with Crippen molar-refractivity contribution >= 4 is 29.3 Å². The maximum atomic E-state index is 12.7. The first-order chi connectivity index (χ1) is 6.24. The Balaban J connectivity index is 2.81. The normalized spacial score (nSPS) is 11.0. The third kappa shape index (κ3) is 3.33. The minimum Gasteiger partial charge on any atom is -0.241 e. The summed E-state index contributed by atoms with van der Waals surface area (Å²) in [5, 5.41) is 0.298. The summed E-state index contributed by atoms with van der Waals surface area (Å²) < 4.78 is 12.7. The van der Waals surface area contributed by atoms with Crippen LogP contribution in [0.1, 0.15) is 12.0 Å². The van der Waals surface area contributed by atoms with Crippen molar-refractivity contribution in [2.24, 2.45) is 0 Å². The Morgan fingerprint density at radius 1 is 1.54 bits per heavy atom. The van der Waals surface area contributed by atoms with Gasteiger partial charge in [0.25, 0.3) is 0 Å². The molecular weight excluding hydrogens is 212 g/mol. The fraction of sp³-hybridized carbons (Fsp3) is 0.222. The molecule has 4 heteroatoms. The molecule has 0 unspecified atom stereocenters. The van der Waals surface area contributed by atoms with Gasteiger partial charge in [0.15, 0.2) is 0 Å². The number of alkyl halides is 1. The van der Waals surface area contributed by atoms with E-state index in [9.17, 15) is 4.39 Å². The molecule has 0 amide bonds. The Hall–Kier alpha value is -0.600. The molecule has 0 aliphatic rings. The van der Waals surface area contributed by atoms with E-state index in [1.165, 1.54) is 6.07 Å². The first-order valence-corrected chi connectivity index (χ1v) is 4.69. The average molecular weight is 220 g/mol. The van der Waals surface area contributed by atoms with Crippen molar-refractivity contribution in [3.8, 4) is 0 Å². The molecule has 70 valence electrons. The lowest BCUT2D eigenvalue weighted by Crippen LogP contribution is -1.83. The highest BCUT2D eigenvalue weighted by Crippen LogP contribution is 2.15. The van der Waals surface area contributed by atoms with Crippen LogP contribution in [0.15, 0.2) is 18.3 Å². The van der Waals surface area contributed by atoms with E-state index < -0.39 is 5.82 Å². The van der Waals surface area contributed by atoms with Gasteiger partial charge in [-0.15, -0.1) is 11.6 Å². The fourth-order valence-corrected chi connectivity index (χ4v) is 1.12. The Kier molecular flexibility index (Phi) is 4.19. The van der Waals surface area contributed by atoms with Crippen molar-refractivity contribution in [2.75, 3.05) is 5.88 Å². The Labute approximate surface area is 86.2 Å². The number of rotatable bonds is 3. The van der Waals surface area contributed by atoms with Crippen LogP contribution < -0.4 is 0 Å². The van der Waals surface area contributed by atoms with Gasteiger partial charge in [-0.2, -0.15) is 0 Å². The summed E-state index contributed by atoms with van der Waals surface area (Å²) in [5.74, 6) is 0.145. The highest BCUT2D eigenvalue weighted by atomic mass is 35.5. The van der Waals surface area contributed by atoms with E-state index in [0.29, 0.717) is 16.6 Å². The van der Waals surface area contributed by atoms with Crippen molar-refractivity contribution in [3.05, 3.63) is 34.9 Å².